The van der Waals surface area contributed by atoms with E-state index in [0.29, 0.717) is 12.1 Å². The first-order chi connectivity index (χ1) is 9.61. The summed E-state index contributed by atoms with van der Waals surface area (Å²) in [6.45, 7) is 2.53. The van der Waals surface area contributed by atoms with E-state index in [9.17, 15) is 4.79 Å². The lowest BCUT2D eigenvalue weighted by Gasteiger charge is -2.12. The SMILES string of the molecule is COC(=O)c1cccc(NCc2cncc(Br)c2)c1C. The van der Waals surface area contributed by atoms with E-state index < -0.39 is 0 Å². The zero-order valence-electron chi connectivity index (χ0n) is 11.3. The van der Waals surface area contributed by atoms with Crippen molar-refractivity contribution in [3.63, 3.8) is 0 Å². The van der Waals surface area contributed by atoms with Crippen molar-refractivity contribution >= 4 is 27.6 Å². The van der Waals surface area contributed by atoms with Crippen LogP contribution in [0.5, 0.6) is 0 Å². The largest absolute Gasteiger partial charge is 0.465 e. The van der Waals surface area contributed by atoms with Crippen molar-refractivity contribution in [2.75, 3.05) is 12.4 Å². The summed E-state index contributed by atoms with van der Waals surface area (Å²) in [5.74, 6) is -0.324. The molecule has 0 radical (unpaired) electrons. The molecule has 0 saturated carbocycles. The molecule has 20 heavy (non-hydrogen) atoms. The van der Waals surface area contributed by atoms with E-state index in [-0.39, 0.29) is 5.97 Å². The fourth-order valence-corrected chi connectivity index (χ4v) is 2.32. The molecule has 1 aromatic carbocycles. The average molecular weight is 335 g/mol. The van der Waals surface area contributed by atoms with Gasteiger partial charge in [0.1, 0.15) is 0 Å². The van der Waals surface area contributed by atoms with Crippen LogP contribution in [0.25, 0.3) is 0 Å². The monoisotopic (exact) mass is 334 g/mol. The van der Waals surface area contributed by atoms with E-state index in [1.165, 1.54) is 7.11 Å². The molecule has 0 saturated heterocycles. The molecule has 104 valence electrons. The summed E-state index contributed by atoms with van der Waals surface area (Å²) >= 11 is 3.39. The van der Waals surface area contributed by atoms with Gasteiger partial charge >= 0.3 is 5.97 Å². The maximum atomic E-state index is 11.6. The van der Waals surface area contributed by atoms with Gasteiger partial charge in [-0.3, -0.25) is 4.98 Å². The number of rotatable bonds is 4. The summed E-state index contributed by atoms with van der Waals surface area (Å²) in [4.78, 5) is 15.8. The fraction of sp³-hybridized carbons (Fsp3) is 0.200. The van der Waals surface area contributed by atoms with Crippen molar-refractivity contribution in [2.24, 2.45) is 0 Å². The summed E-state index contributed by atoms with van der Waals surface area (Å²) in [7, 11) is 1.38. The first-order valence-corrected chi connectivity index (χ1v) is 6.92. The van der Waals surface area contributed by atoms with Crippen molar-refractivity contribution in [1.82, 2.24) is 4.98 Å². The molecular formula is C15H15BrN2O2. The van der Waals surface area contributed by atoms with Crippen LogP contribution in [0.2, 0.25) is 0 Å². The summed E-state index contributed by atoms with van der Waals surface area (Å²) in [5, 5.41) is 3.31. The molecule has 0 unspecified atom stereocenters. The Kier molecular flexibility index (Phi) is 4.74. The second kappa shape index (κ2) is 6.52. The number of hydrogen-bond donors (Lipinski definition) is 1. The van der Waals surface area contributed by atoms with Crippen LogP contribution in [0.4, 0.5) is 5.69 Å². The molecule has 0 aliphatic carbocycles. The van der Waals surface area contributed by atoms with Crippen LogP contribution in [-0.4, -0.2) is 18.1 Å². The number of nitrogens with one attached hydrogen (secondary N) is 1. The molecule has 1 N–H and O–H groups in total. The Hall–Kier alpha value is -1.88. The maximum Gasteiger partial charge on any atom is 0.338 e. The minimum absolute atomic E-state index is 0.324. The normalized spacial score (nSPS) is 10.2. The number of methoxy groups -OCH3 is 1. The predicted molar refractivity (Wildman–Crippen MR) is 81.8 cm³/mol. The lowest BCUT2D eigenvalue weighted by Crippen LogP contribution is -2.07. The van der Waals surface area contributed by atoms with Crippen LogP contribution in [0.1, 0.15) is 21.5 Å². The van der Waals surface area contributed by atoms with Gasteiger partial charge in [0, 0.05) is 29.1 Å². The molecule has 5 heteroatoms. The van der Waals surface area contributed by atoms with Gasteiger partial charge in [-0.1, -0.05) is 6.07 Å². The smallest absolute Gasteiger partial charge is 0.338 e. The van der Waals surface area contributed by atoms with Crippen molar-refractivity contribution in [1.29, 1.82) is 0 Å². The van der Waals surface area contributed by atoms with Crippen LogP contribution in [0, 0.1) is 6.92 Å². The third kappa shape index (κ3) is 3.36. The standard InChI is InChI=1S/C15H15BrN2O2/c1-10-13(15(19)20-2)4-3-5-14(10)18-8-11-6-12(16)9-17-7-11/h3-7,9,18H,8H2,1-2H3. The number of nitrogens with zero attached hydrogens (tertiary/aromatic N) is 1. The fourth-order valence-electron chi connectivity index (χ4n) is 1.91. The quantitative estimate of drug-likeness (QED) is 0.868. The van der Waals surface area contributed by atoms with Crippen LogP contribution >= 0.6 is 15.9 Å². The molecule has 0 spiro atoms. The van der Waals surface area contributed by atoms with Gasteiger partial charge in [0.15, 0.2) is 0 Å². The highest BCUT2D eigenvalue weighted by molar-refractivity contribution is 9.10. The molecule has 4 nitrogen and oxygen atoms in total. The van der Waals surface area contributed by atoms with Gasteiger partial charge in [-0.25, -0.2) is 4.79 Å². The number of aromatic nitrogens is 1. The van der Waals surface area contributed by atoms with Crippen LogP contribution in [0.3, 0.4) is 0 Å². The molecule has 0 aliphatic rings. The molecule has 0 bridgehead atoms. The number of carbonyl (C=O) groups excluding carboxylic acids is 1. The molecule has 1 heterocycles. The number of carbonyl (C=O) groups is 1. The zero-order valence-corrected chi connectivity index (χ0v) is 12.9. The summed E-state index contributed by atoms with van der Waals surface area (Å²) in [6, 6.07) is 7.53. The number of pyridine rings is 1. The first-order valence-electron chi connectivity index (χ1n) is 6.13. The van der Waals surface area contributed by atoms with Gasteiger partial charge in [0.05, 0.1) is 12.7 Å². The average Bonchev–Trinajstić information content (AvgIpc) is 2.45. The topological polar surface area (TPSA) is 51.2 Å². The highest BCUT2D eigenvalue weighted by atomic mass is 79.9. The molecule has 0 aliphatic heterocycles. The Morgan fingerprint density at radius 2 is 2.20 bits per heavy atom. The molecular weight excluding hydrogens is 320 g/mol. The van der Waals surface area contributed by atoms with Gasteiger partial charge in [-0.15, -0.1) is 0 Å². The lowest BCUT2D eigenvalue weighted by atomic mass is 10.1. The maximum absolute atomic E-state index is 11.6. The molecule has 0 atom stereocenters. The van der Waals surface area contributed by atoms with Crippen LogP contribution in [0.15, 0.2) is 41.1 Å². The number of benzene rings is 1. The van der Waals surface area contributed by atoms with Gasteiger partial charge in [0.2, 0.25) is 0 Å². The van der Waals surface area contributed by atoms with E-state index in [4.69, 9.17) is 4.74 Å². The van der Waals surface area contributed by atoms with Gasteiger partial charge in [-0.2, -0.15) is 0 Å². The minimum atomic E-state index is -0.324. The summed E-state index contributed by atoms with van der Waals surface area (Å²) < 4.78 is 5.71. The summed E-state index contributed by atoms with van der Waals surface area (Å²) in [5.41, 5.74) is 3.42. The molecule has 0 amide bonds. The molecule has 0 fully saturated rings. The third-order valence-corrected chi connectivity index (χ3v) is 3.42. The minimum Gasteiger partial charge on any atom is -0.465 e. The summed E-state index contributed by atoms with van der Waals surface area (Å²) in [6.07, 6.45) is 3.55. The Morgan fingerprint density at radius 3 is 2.90 bits per heavy atom. The number of esters is 1. The first kappa shape index (κ1) is 14.5. The zero-order chi connectivity index (χ0) is 14.5. The van der Waals surface area contributed by atoms with E-state index in [2.05, 4.69) is 26.2 Å². The second-order valence-corrected chi connectivity index (χ2v) is 5.25. The van der Waals surface area contributed by atoms with Gasteiger partial charge in [0.25, 0.3) is 0 Å². The number of hydrogen-bond acceptors (Lipinski definition) is 4. The van der Waals surface area contributed by atoms with E-state index in [1.807, 2.05) is 25.1 Å². The van der Waals surface area contributed by atoms with Crippen molar-refractivity contribution in [2.45, 2.75) is 13.5 Å². The molecule has 1 aromatic heterocycles. The number of halogens is 1. The van der Waals surface area contributed by atoms with Crippen molar-refractivity contribution in [3.05, 3.63) is 57.8 Å². The number of ether oxygens (including phenoxy) is 1. The van der Waals surface area contributed by atoms with Gasteiger partial charge < -0.3 is 10.1 Å². The highest BCUT2D eigenvalue weighted by Gasteiger charge is 2.11. The van der Waals surface area contributed by atoms with E-state index in [1.54, 1.807) is 18.5 Å². The number of anilines is 1. The lowest BCUT2D eigenvalue weighted by molar-refractivity contribution is 0.0600. The Labute approximate surface area is 126 Å². The predicted octanol–water partition coefficient (Wildman–Crippen LogP) is 3.55. The van der Waals surface area contributed by atoms with Crippen LogP contribution in [-0.2, 0) is 11.3 Å². The molecule has 2 aromatic rings. The third-order valence-electron chi connectivity index (χ3n) is 2.98. The van der Waals surface area contributed by atoms with Crippen LogP contribution < -0.4 is 5.32 Å². The van der Waals surface area contributed by atoms with E-state index in [0.717, 1.165) is 21.3 Å². The Morgan fingerprint density at radius 1 is 1.40 bits per heavy atom. The van der Waals surface area contributed by atoms with Crippen molar-refractivity contribution < 1.29 is 9.53 Å². The Bertz CT molecular complexity index is 629. The highest BCUT2D eigenvalue weighted by Crippen LogP contribution is 2.20. The van der Waals surface area contributed by atoms with E-state index >= 15 is 0 Å². The second-order valence-electron chi connectivity index (χ2n) is 4.33. The van der Waals surface area contributed by atoms with Crippen molar-refractivity contribution in [3.8, 4) is 0 Å². The van der Waals surface area contributed by atoms with Gasteiger partial charge in [-0.05, 0) is 52.2 Å². The Balaban J connectivity index is 2.16. The molecule has 2 rings (SSSR count).